The van der Waals surface area contributed by atoms with E-state index < -0.39 is 52.0 Å². The van der Waals surface area contributed by atoms with E-state index in [4.69, 9.17) is 17.3 Å². The largest absolute Gasteiger partial charge is 0.508 e. The van der Waals surface area contributed by atoms with Gasteiger partial charge >= 0.3 is 0 Å². The molecule has 0 spiro atoms. The quantitative estimate of drug-likeness (QED) is 0.332. The molecule has 0 radical (unpaired) electrons. The van der Waals surface area contributed by atoms with Crippen LogP contribution in [-0.2, 0) is 27.3 Å². The first kappa shape index (κ1) is 23.8. The zero-order chi connectivity index (χ0) is 25.4. The summed E-state index contributed by atoms with van der Waals surface area (Å²) in [5.74, 6) is -5.90. The third-order valence-corrected chi connectivity index (χ3v) is 8.49. The lowest BCUT2D eigenvalue weighted by Gasteiger charge is -2.46. The van der Waals surface area contributed by atoms with Crippen molar-refractivity contribution >= 4 is 34.8 Å². The highest BCUT2D eigenvalue weighted by Gasteiger charge is 2.60. The summed E-state index contributed by atoms with van der Waals surface area (Å²) in [6.07, 6.45) is 2.25. The third kappa shape index (κ3) is 3.48. The molecule has 35 heavy (non-hydrogen) atoms. The van der Waals surface area contributed by atoms with Gasteiger partial charge in [0.05, 0.1) is 5.56 Å². The number of nitrogens with two attached hydrogens (primary N) is 1. The molecule has 4 atom stereocenters. The molecule has 2 saturated carbocycles. The fourth-order valence-electron chi connectivity index (χ4n) is 5.89. The first-order chi connectivity index (χ1) is 16.5. The van der Waals surface area contributed by atoms with Crippen LogP contribution in [0.3, 0.4) is 0 Å². The van der Waals surface area contributed by atoms with Gasteiger partial charge in [-0.15, -0.1) is 0 Å². The zero-order valence-electron chi connectivity index (χ0n) is 19.1. The van der Waals surface area contributed by atoms with Crippen molar-refractivity contribution in [3.63, 3.8) is 0 Å². The van der Waals surface area contributed by atoms with E-state index in [1.54, 1.807) is 0 Å². The van der Waals surface area contributed by atoms with Gasteiger partial charge < -0.3 is 31.5 Å². The number of Topliss-reactive ketones (excluding diaryl/α,β-unsaturated/α-hetero) is 2. The molecule has 1 amide bonds. The van der Waals surface area contributed by atoms with Crippen LogP contribution >= 0.6 is 11.6 Å². The molecule has 0 heterocycles. The molecule has 10 heteroatoms. The highest BCUT2D eigenvalue weighted by Crippen LogP contribution is 2.53. The summed E-state index contributed by atoms with van der Waals surface area (Å²) < 4.78 is 0. The van der Waals surface area contributed by atoms with Crippen LogP contribution in [0.2, 0.25) is 5.02 Å². The fourth-order valence-corrected chi connectivity index (χ4v) is 6.18. The van der Waals surface area contributed by atoms with Gasteiger partial charge in [-0.2, -0.15) is 0 Å². The van der Waals surface area contributed by atoms with E-state index in [2.05, 4.69) is 12.2 Å². The molecule has 1 aromatic carbocycles. The molecule has 0 saturated heterocycles. The van der Waals surface area contributed by atoms with Crippen molar-refractivity contribution in [2.24, 2.45) is 23.5 Å². The summed E-state index contributed by atoms with van der Waals surface area (Å²) in [7, 11) is 0. The number of primary amides is 1. The molecule has 9 nitrogen and oxygen atoms in total. The standard InChI is InChI=1S/C25H27ClN2O7/c1-9(10-2-3-10)28-8-12-6-15(29)18-14(20(12)26)5-11-4-13-7-16(30)19(24(27)34)23(33)25(13,35)22(32)17(11)21(18)31/h6,9-11,13,28-29,31,33,35H,2-5,7-8H2,1H3,(H2,27,34)/t9?,11-,13+,25+/m1/s1. The Morgan fingerprint density at radius 3 is 2.57 bits per heavy atom. The smallest absolute Gasteiger partial charge is 0.255 e. The van der Waals surface area contributed by atoms with Gasteiger partial charge in [-0.25, -0.2) is 0 Å². The minimum Gasteiger partial charge on any atom is -0.508 e. The van der Waals surface area contributed by atoms with Crippen molar-refractivity contribution in [3.05, 3.63) is 44.7 Å². The number of nitrogens with one attached hydrogen (secondary N) is 1. The number of benzene rings is 1. The SMILES string of the molecule is CC(NCc1cc(O)c2c(c1Cl)C[C@H]1C[C@H]3CC(=O)C(C(N)=O)=C(O)[C@@]3(O)C(=O)C1=C2O)C1CC1. The van der Waals surface area contributed by atoms with Gasteiger partial charge in [-0.05, 0) is 61.6 Å². The van der Waals surface area contributed by atoms with Gasteiger partial charge in [0.1, 0.15) is 22.8 Å². The van der Waals surface area contributed by atoms with E-state index in [9.17, 15) is 34.8 Å². The number of ketones is 2. The van der Waals surface area contributed by atoms with Crippen LogP contribution in [0, 0.1) is 17.8 Å². The van der Waals surface area contributed by atoms with Crippen molar-refractivity contribution in [2.45, 2.75) is 57.2 Å². The monoisotopic (exact) mass is 502 g/mol. The number of amides is 1. The van der Waals surface area contributed by atoms with Gasteiger partial charge in [-0.1, -0.05) is 11.6 Å². The first-order valence-electron chi connectivity index (χ1n) is 11.7. The Balaban J connectivity index is 1.57. The summed E-state index contributed by atoms with van der Waals surface area (Å²) in [6, 6.07) is 1.74. The van der Waals surface area contributed by atoms with E-state index >= 15 is 0 Å². The molecule has 186 valence electrons. The van der Waals surface area contributed by atoms with Gasteiger partial charge in [-0.3, -0.25) is 14.4 Å². The molecule has 4 aliphatic carbocycles. The summed E-state index contributed by atoms with van der Waals surface area (Å²) in [5.41, 5.74) is 2.77. The van der Waals surface area contributed by atoms with Crippen molar-refractivity contribution in [1.29, 1.82) is 0 Å². The van der Waals surface area contributed by atoms with Gasteiger partial charge in [0.2, 0.25) is 5.78 Å². The lowest BCUT2D eigenvalue weighted by atomic mass is 9.59. The first-order valence-corrected chi connectivity index (χ1v) is 12.1. The average molecular weight is 503 g/mol. The maximum absolute atomic E-state index is 13.5. The minimum atomic E-state index is -2.57. The molecule has 7 N–H and O–H groups in total. The van der Waals surface area contributed by atoms with Crippen molar-refractivity contribution in [3.8, 4) is 5.75 Å². The number of hydrogen-bond donors (Lipinski definition) is 6. The summed E-state index contributed by atoms with van der Waals surface area (Å²) in [5, 5.41) is 47.5. The fraction of sp³-hybridized carbons (Fsp3) is 0.480. The van der Waals surface area contributed by atoms with Crippen LogP contribution in [-0.4, -0.2) is 49.5 Å². The van der Waals surface area contributed by atoms with E-state index in [0.717, 1.165) is 0 Å². The van der Waals surface area contributed by atoms with E-state index in [1.807, 2.05) is 0 Å². The minimum absolute atomic E-state index is 0.00104. The molecule has 1 unspecified atom stereocenters. The lowest BCUT2D eigenvalue weighted by molar-refractivity contribution is -0.147. The number of fused-ring (bicyclic) bond motifs is 3. The van der Waals surface area contributed by atoms with Gasteiger partial charge in [0.15, 0.2) is 11.4 Å². The number of halogens is 1. The zero-order valence-corrected chi connectivity index (χ0v) is 19.9. The number of aromatic hydroxyl groups is 1. The molecule has 2 fully saturated rings. The number of aliphatic hydroxyl groups is 3. The summed E-state index contributed by atoms with van der Waals surface area (Å²) >= 11 is 6.70. The molecular weight excluding hydrogens is 476 g/mol. The molecule has 0 aromatic heterocycles. The number of phenols is 1. The predicted molar refractivity (Wildman–Crippen MR) is 125 cm³/mol. The summed E-state index contributed by atoms with van der Waals surface area (Å²) in [6.45, 7) is 2.52. The van der Waals surface area contributed by atoms with E-state index in [-0.39, 0.29) is 36.1 Å². The van der Waals surface area contributed by atoms with Crippen LogP contribution in [0.5, 0.6) is 5.75 Å². The van der Waals surface area contributed by atoms with Crippen molar-refractivity contribution in [2.75, 3.05) is 0 Å². The lowest BCUT2D eigenvalue weighted by Crippen LogP contribution is -2.58. The topological polar surface area (TPSA) is 170 Å². The van der Waals surface area contributed by atoms with Crippen molar-refractivity contribution < 1.29 is 34.8 Å². The van der Waals surface area contributed by atoms with Gasteiger partial charge in [0, 0.05) is 35.5 Å². The Bertz CT molecular complexity index is 1250. The van der Waals surface area contributed by atoms with Crippen LogP contribution in [0.4, 0.5) is 0 Å². The van der Waals surface area contributed by atoms with E-state index in [0.29, 0.717) is 34.7 Å². The normalized spacial score (nSPS) is 29.0. The number of rotatable bonds is 5. The number of phenolic OH excluding ortho intramolecular Hbond substituents is 1. The Morgan fingerprint density at radius 2 is 1.94 bits per heavy atom. The maximum atomic E-state index is 13.5. The molecule has 0 bridgehead atoms. The van der Waals surface area contributed by atoms with Crippen LogP contribution in [0.25, 0.3) is 5.76 Å². The summed E-state index contributed by atoms with van der Waals surface area (Å²) in [4.78, 5) is 37.6. The second-order valence-corrected chi connectivity index (χ2v) is 10.5. The second kappa shape index (κ2) is 8.08. The number of hydrogen-bond acceptors (Lipinski definition) is 8. The van der Waals surface area contributed by atoms with E-state index in [1.165, 1.54) is 18.9 Å². The van der Waals surface area contributed by atoms with Gasteiger partial charge in [0.25, 0.3) is 5.91 Å². The highest BCUT2D eigenvalue weighted by atomic mass is 35.5. The maximum Gasteiger partial charge on any atom is 0.255 e. The number of carbonyl (C=O) groups excluding carboxylic acids is 3. The molecule has 4 aliphatic rings. The van der Waals surface area contributed by atoms with Crippen molar-refractivity contribution in [1.82, 2.24) is 5.32 Å². The molecule has 0 aliphatic heterocycles. The number of carbonyl (C=O) groups is 3. The third-order valence-electron chi connectivity index (χ3n) is 8.02. The van der Waals surface area contributed by atoms with Crippen LogP contribution < -0.4 is 11.1 Å². The average Bonchev–Trinajstić information content (AvgIpc) is 3.62. The molecular formula is C25H27ClN2O7. The van der Waals surface area contributed by atoms with Crippen LogP contribution in [0.1, 0.15) is 49.3 Å². The number of aliphatic hydroxyl groups excluding tert-OH is 2. The Kier molecular flexibility index (Phi) is 5.50. The highest BCUT2D eigenvalue weighted by molar-refractivity contribution is 6.32. The second-order valence-electron chi connectivity index (χ2n) is 10.1. The Hall–Kier alpha value is -2.88. The molecule has 5 rings (SSSR count). The Labute approximate surface area is 206 Å². The molecule has 1 aromatic rings. The predicted octanol–water partition coefficient (Wildman–Crippen LogP) is 1.97. The van der Waals surface area contributed by atoms with Crippen LogP contribution in [0.15, 0.2) is 23.0 Å². The Morgan fingerprint density at radius 1 is 1.26 bits per heavy atom.